The number of hydrogen-bond acceptors (Lipinski definition) is 7. The fraction of sp³-hybridized carbons (Fsp3) is 0.269. The SMILES string of the molecule is CCOC(=O)c1sc(NC(=O)C(C)Oc2ccc(-c3ccccc3)cc2)c(C(=O)OCC)c1C. The summed E-state index contributed by atoms with van der Waals surface area (Å²) in [5.41, 5.74) is 2.66. The zero-order chi connectivity index (χ0) is 24.7. The van der Waals surface area contributed by atoms with Crippen molar-refractivity contribution >= 4 is 34.2 Å². The van der Waals surface area contributed by atoms with Crippen molar-refractivity contribution < 1.29 is 28.6 Å². The van der Waals surface area contributed by atoms with Crippen molar-refractivity contribution in [3.05, 3.63) is 70.6 Å². The number of rotatable bonds is 9. The van der Waals surface area contributed by atoms with Gasteiger partial charge in [0.05, 0.1) is 18.8 Å². The second-order valence-electron chi connectivity index (χ2n) is 7.34. The highest BCUT2D eigenvalue weighted by atomic mass is 32.1. The molecule has 0 saturated heterocycles. The van der Waals surface area contributed by atoms with E-state index in [1.165, 1.54) is 0 Å². The Morgan fingerprint density at radius 2 is 1.47 bits per heavy atom. The van der Waals surface area contributed by atoms with Crippen LogP contribution in [-0.2, 0) is 14.3 Å². The number of carbonyl (C=O) groups is 3. The van der Waals surface area contributed by atoms with Crippen LogP contribution in [0.15, 0.2) is 54.6 Å². The molecule has 2 aromatic carbocycles. The minimum absolute atomic E-state index is 0.141. The first-order valence-corrected chi connectivity index (χ1v) is 11.8. The van der Waals surface area contributed by atoms with Crippen molar-refractivity contribution in [3.63, 3.8) is 0 Å². The van der Waals surface area contributed by atoms with Crippen LogP contribution in [-0.4, -0.2) is 37.2 Å². The molecule has 0 fully saturated rings. The van der Waals surface area contributed by atoms with Crippen molar-refractivity contribution in [2.45, 2.75) is 33.8 Å². The molecule has 3 aromatic rings. The Labute approximate surface area is 202 Å². The Hall–Kier alpha value is -3.65. The maximum atomic E-state index is 12.9. The molecule has 3 rings (SSSR count). The number of ether oxygens (including phenoxy) is 3. The van der Waals surface area contributed by atoms with Crippen LogP contribution >= 0.6 is 11.3 Å². The summed E-state index contributed by atoms with van der Waals surface area (Å²) in [6, 6.07) is 17.4. The third kappa shape index (κ3) is 5.82. The molecule has 0 bridgehead atoms. The number of hydrogen-bond donors (Lipinski definition) is 1. The van der Waals surface area contributed by atoms with Crippen LogP contribution in [0.5, 0.6) is 5.75 Å². The normalized spacial score (nSPS) is 11.4. The molecule has 178 valence electrons. The number of esters is 2. The van der Waals surface area contributed by atoms with E-state index < -0.39 is 23.9 Å². The average molecular weight is 482 g/mol. The zero-order valence-corrected chi connectivity index (χ0v) is 20.4. The van der Waals surface area contributed by atoms with E-state index in [2.05, 4.69) is 5.32 Å². The molecule has 34 heavy (non-hydrogen) atoms. The van der Waals surface area contributed by atoms with Crippen LogP contribution in [0.1, 0.15) is 46.4 Å². The van der Waals surface area contributed by atoms with E-state index in [-0.39, 0.29) is 28.7 Å². The van der Waals surface area contributed by atoms with Gasteiger partial charge < -0.3 is 19.5 Å². The highest BCUT2D eigenvalue weighted by Gasteiger charge is 2.28. The van der Waals surface area contributed by atoms with Gasteiger partial charge in [-0.25, -0.2) is 9.59 Å². The van der Waals surface area contributed by atoms with Crippen molar-refractivity contribution in [1.29, 1.82) is 0 Å². The van der Waals surface area contributed by atoms with E-state index in [0.29, 0.717) is 11.3 Å². The van der Waals surface area contributed by atoms with Crippen LogP contribution in [0.4, 0.5) is 5.00 Å². The van der Waals surface area contributed by atoms with Crippen LogP contribution in [0.25, 0.3) is 11.1 Å². The lowest BCUT2D eigenvalue weighted by Crippen LogP contribution is -2.30. The lowest BCUT2D eigenvalue weighted by Gasteiger charge is -2.15. The number of benzene rings is 2. The number of nitrogens with one attached hydrogen (secondary N) is 1. The fourth-order valence-corrected chi connectivity index (χ4v) is 4.36. The summed E-state index contributed by atoms with van der Waals surface area (Å²) >= 11 is 0.977. The van der Waals surface area contributed by atoms with Gasteiger partial charge in [-0.2, -0.15) is 0 Å². The molecule has 0 aliphatic heterocycles. The molecule has 1 atom stereocenters. The summed E-state index contributed by atoms with van der Waals surface area (Å²) in [6.45, 7) is 6.97. The Balaban J connectivity index is 1.75. The van der Waals surface area contributed by atoms with Gasteiger partial charge in [0.1, 0.15) is 15.6 Å². The van der Waals surface area contributed by atoms with Crippen LogP contribution < -0.4 is 10.1 Å². The maximum absolute atomic E-state index is 12.9. The molecule has 1 N–H and O–H groups in total. The second kappa shape index (κ2) is 11.5. The van der Waals surface area contributed by atoms with Crippen LogP contribution in [0.2, 0.25) is 0 Å². The van der Waals surface area contributed by atoms with E-state index in [1.54, 1.807) is 39.8 Å². The summed E-state index contributed by atoms with van der Waals surface area (Å²) in [7, 11) is 0. The molecular weight excluding hydrogens is 454 g/mol. The average Bonchev–Trinajstić information content (AvgIpc) is 3.16. The minimum atomic E-state index is -0.855. The second-order valence-corrected chi connectivity index (χ2v) is 8.36. The van der Waals surface area contributed by atoms with Crippen molar-refractivity contribution in [1.82, 2.24) is 0 Å². The van der Waals surface area contributed by atoms with Gasteiger partial charge >= 0.3 is 11.9 Å². The molecule has 0 spiro atoms. The molecule has 1 heterocycles. The standard InChI is InChI=1S/C26H27NO6S/c1-5-31-25(29)21-16(3)22(26(30)32-6-2)34-24(21)27-23(28)17(4)33-20-14-12-19(13-15-20)18-10-8-7-9-11-18/h7-15,17H,5-6H2,1-4H3,(H,27,28). The van der Waals surface area contributed by atoms with Gasteiger partial charge in [-0.15, -0.1) is 11.3 Å². The van der Waals surface area contributed by atoms with Crippen molar-refractivity contribution in [2.75, 3.05) is 18.5 Å². The summed E-state index contributed by atoms with van der Waals surface area (Å²) in [4.78, 5) is 37.9. The van der Waals surface area contributed by atoms with Gasteiger partial charge in [0, 0.05) is 0 Å². The Morgan fingerprint density at radius 3 is 2.09 bits per heavy atom. The van der Waals surface area contributed by atoms with Gasteiger partial charge in [-0.05, 0) is 56.5 Å². The van der Waals surface area contributed by atoms with E-state index in [4.69, 9.17) is 14.2 Å². The van der Waals surface area contributed by atoms with E-state index in [0.717, 1.165) is 22.5 Å². The van der Waals surface area contributed by atoms with E-state index in [9.17, 15) is 14.4 Å². The highest BCUT2D eigenvalue weighted by Crippen LogP contribution is 2.34. The largest absolute Gasteiger partial charge is 0.481 e. The molecule has 7 nitrogen and oxygen atoms in total. The predicted molar refractivity (Wildman–Crippen MR) is 132 cm³/mol. The van der Waals surface area contributed by atoms with E-state index >= 15 is 0 Å². The summed E-state index contributed by atoms with van der Waals surface area (Å²) in [5.74, 6) is -1.11. The lowest BCUT2D eigenvalue weighted by atomic mass is 10.1. The number of amides is 1. The molecule has 0 saturated carbocycles. The van der Waals surface area contributed by atoms with Crippen molar-refractivity contribution in [3.8, 4) is 16.9 Å². The molecular formula is C26H27NO6S. The fourth-order valence-electron chi connectivity index (χ4n) is 3.27. The first-order valence-electron chi connectivity index (χ1n) is 11.0. The number of anilines is 1. The van der Waals surface area contributed by atoms with Gasteiger partial charge in [-0.3, -0.25) is 4.79 Å². The Kier molecular flexibility index (Phi) is 8.43. The van der Waals surface area contributed by atoms with Gasteiger partial charge in [0.15, 0.2) is 6.10 Å². The zero-order valence-electron chi connectivity index (χ0n) is 19.5. The lowest BCUT2D eigenvalue weighted by molar-refractivity contribution is -0.122. The highest BCUT2D eigenvalue weighted by molar-refractivity contribution is 7.18. The third-order valence-electron chi connectivity index (χ3n) is 4.97. The number of thiophene rings is 1. The molecule has 1 amide bonds. The first-order chi connectivity index (χ1) is 16.3. The van der Waals surface area contributed by atoms with Gasteiger partial charge in [0.2, 0.25) is 0 Å². The summed E-state index contributed by atoms with van der Waals surface area (Å²) in [5, 5.41) is 2.93. The third-order valence-corrected chi connectivity index (χ3v) is 6.15. The molecule has 0 aliphatic carbocycles. The smallest absolute Gasteiger partial charge is 0.348 e. The van der Waals surface area contributed by atoms with Gasteiger partial charge in [-0.1, -0.05) is 42.5 Å². The van der Waals surface area contributed by atoms with Crippen molar-refractivity contribution in [2.24, 2.45) is 0 Å². The van der Waals surface area contributed by atoms with Crippen LogP contribution in [0.3, 0.4) is 0 Å². The predicted octanol–water partition coefficient (Wildman–Crippen LogP) is 5.48. The number of carbonyl (C=O) groups excluding carboxylic acids is 3. The first kappa shape index (κ1) is 25.0. The van der Waals surface area contributed by atoms with Crippen LogP contribution in [0, 0.1) is 6.92 Å². The molecule has 0 aliphatic rings. The minimum Gasteiger partial charge on any atom is -0.481 e. The van der Waals surface area contributed by atoms with E-state index in [1.807, 2.05) is 42.5 Å². The topological polar surface area (TPSA) is 90.9 Å². The molecule has 0 radical (unpaired) electrons. The maximum Gasteiger partial charge on any atom is 0.348 e. The monoisotopic (exact) mass is 481 g/mol. The Bertz CT molecular complexity index is 1150. The molecule has 8 heteroatoms. The summed E-state index contributed by atoms with van der Waals surface area (Å²) < 4.78 is 16.0. The molecule has 1 unspecified atom stereocenters. The summed E-state index contributed by atoms with van der Waals surface area (Å²) in [6.07, 6.45) is -0.855. The quantitative estimate of drug-likeness (QED) is 0.407. The Morgan fingerprint density at radius 1 is 0.882 bits per heavy atom. The van der Waals surface area contributed by atoms with Gasteiger partial charge in [0.25, 0.3) is 5.91 Å². The molecule has 1 aromatic heterocycles.